The van der Waals surface area contributed by atoms with E-state index in [0.29, 0.717) is 0 Å². The van der Waals surface area contributed by atoms with E-state index < -0.39 is 18.0 Å². The maximum absolute atomic E-state index is 12.2. The van der Waals surface area contributed by atoms with Crippen LogP contribution in [0.5, 0.6) is 0 Å². The van der Waals surface area contributed by atoms with Crippen LogP contribution in [0.2, 0.25) is 0 Å². The number of esters is 1. The molecule has 2 rings (SSSR count). The third-order valence-corrected chi connectivity index (χ3v) is 3.49. The summed E-state index contributed by atoms with van der Waals surface area (Å²) in [5, 5.41) is 2.62. The summed E-state index contributed by atoms with van der Waals surface area (Å²) >= 11 is 0. The van der Waals surface area contributed by atoms with Crippen molar-refractivity contribution in [2.45, 2.75) is 12.5 Å². The Bertz CT molecular complexity index is 685. The van der Waals surface area contributed by atoms with E-state index >= 15 is 0 Å². The number of benzene rings is 2. The van der Waals surface area contributed by atoms with E-state index in [1.54, 1.807) is 0 Å². The second kappa shape index (κ2) is 9.93. The zero-order chi connectivity index (χ0) is 17.9. The van der Waals surface area contributed by atoms with Crippen LogP contribution >= 0.6 is 0 Å². The molecule has 0 radical (unpaired) electrons. The maximum Gasteiger partial charge on any atom is 0.407 e. The van der Waals surface area contributed by atoms with Crippen LogP contribution in [0.3, 0.4) is 0 Å². The van der Waals surface area contributed by atoms with Gasteiger partial charge in [0, 0.05) is 6.54 Å². The minimum absolute atomic E-state index is 0.0909. The van der Waals surface area contributed by atoms with Gasteiger partial charge in [0.15, 0.2) is 0 Å². The topological polar surface area (TPSA) is 64.6 Å². The van der Waals surface area contributed by atoms with Gasteiger partial charge in [-0.1, -0.05) is 73.3 Å². The fourth-order valence-electron chi connectivity index (χ4n) is 2.22. The quantitative estimate of drug-likeness (QED) is 0.591. The molecule has 0 saturated carbocycles. The van der Waals surface area contributed by atoms with Crippen molar-refractivity contribution in [1.82, 2.24) is 5.32 Å². The number of amides is 1. The van der Waals surface area contributed by atoms with Crippen LogP contribution in [0.25, 0.3) is 0 Å². The number of nitrogens with one attached hydrogen (secondary N) is 1. The summed E-state index contributed by atoms with van der Waals surface area (Å²) in [5.41, 5.74) is 1.66. The van der Waals surface area contributed by atoms with Gasteiger partial charge in [0.2, 0.25) is 0 Å². The van der Waals surface area contributed by atoms with Crippen molar-refractivity contribution < 1.29 is 19.1 Å². The number of carbonyl (C=O) groups excluding carboxylic acids is 2. The minimum Gasteiger partial charge on any atom is -0.461 e. The second-order valence-electron chi connectivity index (χ2n) is 5.32. The molecule has 0 aliphatic rings. The first-order chi connectivity index (χ1) is 12.2. The van der Waals surface area contributed by atoms with Crippen LogP contribution in [0, 0.1) is 0 Å². The molecule has 2 aromatic rings. The molecule has 0 unspecified atom stereocenters. The van der Waals surface area contributed by atoms with Crippen LogP contribution in [0.15, 0.2) is 73.3 Å². The number of rotatable bonds is 8. The van der Waals surface area contributed by atoms with E-state index in [4.69, 9.17) is 9.47 Å². The van der Waals surface area contributed by atoms with Gasteiger partial charge in [-0.3, -0.25) is 4.79 Å². The molecule has 1 N–H and O–H groups in total. The third kappa shape index (κ3) is 6.14. The Morgan fingerprint density at radius 1 is 1.00 bits per heavy atom. The Kier molecular flexibility index (Phi) is 7.25. The van der Waals surface area contributed by atoms with Crippen molar-refractivity contribution >= 4 is 12.1 Å². The molecule has 0 spiro atoms. The molecule has 2 aromatic carbocycles. The largest absolute Gasteiger partial charge is 0.461 e. The monoisotopic (exact) mass is 339 g/mol. The van der Waals surface area contributed by atoms with Gasteiger partial charge in [0.05, 0.1) is 5.92 Å². The molecular weight excluding hydrogens is 318 g/mol. The Balaban J connectivity index is 1.91. The summed E-state index contributed by atoms with van der Waals surface area (Å²) in [6, 6.07) is 18.5. The van der Waals surface area contributed by atoms with E-state index in [0.717, 1.165) is 11.1 Å². The van der Waals surface area contributed by atoms with Gasteiger partial charge >= 0.3 is 12.1 Å². The van der Waals surface area contributed by atoms with E-state index in [9.17, 15) is 9.59 Å². The highest BCUT2D eigenvalue weighted by atomic mass is 16.5. The van der Waals surface area contributed by atoms with E-state index in [2.05, 4.69) is 11.9 Å². The highest BCUT2D eigenvalue weighted by Crippen LogP contribution is 2.16. The van der Waals surface area contributed by atoms with E-state index in [1.807, 2.05) is 60.7 Å². The highest BCUT2D eigenvalue weighted by molar-refractivity contribution is 5.79. The lowest BCUT2D eigenvalue weighted by Crippen LogP contribution is -2.33. The van der Waals surface area contributed by atoms with Gasteiger partial charge in [-0.15, -0.1) is 0 Å². The van der Waals surface area contributed by atoms with Crippen molar-refractivity contribution in [3.05, 3.63) is 84.4 Å². The smallest absolute Gasteiger partial charge is 0.407 e. The van der Waals surface area contributed by atoms with Crippen LogP contribution < -0.4 is 5.32 Å². The molecule has 0 aromatic heterocycles. The van der Waals surface area contributed by atoms with Crippen molar-refractivity contribution in [1.29, 1.82) is 0 Å². The van der Waals surface area contributed by atoms with Gasteiger partial charge in [0.25, 0.3) is 0 Å². The zero-order valence-electron chi connectivity index (χ0n) is 13.9. The Morgan fingerprint density at radius 2 is 1.64 bits per heavy atom. The fourth-order valence-corrected chi connectivity index (χ4v) is 2.22. The number of hydrogen-bond acceptors (Lipinski definition) is 4. The van der Waals surface area contributed by atoms with E-state index in [-0.39, 0.29) is 19.8 Å². The van der Waals surface area contributed by atoms with Crippen LogP contribution in [0.4, 0.5) is 4.79 Å². The molecule has 5 nitrogen and oxygen atoms in total. The first-order valence-electron chi connectivity index (χ1n) is 7.97. The normalized spacial score (nSPS) is 11.2. The van der Waals surface area contributed by atoms with Crippen LogP contribution in [-0.2, 0) is 20.9 Å². The van der Waals surface area contributed by atoms with Gasteiger partial charge in [-0.25, -0.2) is 4.79 Å². The summed E-state index contributed by atoms with van der Waals surface area (Å²) in [6.07, 6.45) is 0.919. The molecule has 0 saturated heterocycles. The van der Waals surface area contributed by atoms with Crippen LogP contribution in [0.1, 0.15) is 17.0 Å². The SMILES string of the molecule is C=CCOC(=O)[C@H](CNC(=O)OCc1ccccc1)c1ccccc1. The molecule has 25 heavy (non-hydrogen) atoms. The molecule has 0 aliphatic carbocycles. The van der Waals surface area contributed by atoms with Gasteiger partial charge < -0.3 is 14.8 Å². The van der Waals surface area contributed by atoms with Crippen molar-refractivity contribution in [3.63, 3.8) is 0 Å². The molecule has 0 heterocycles. The molecular formula is C20H21NO4. The molecule has 1 amide bonds. The lowest BCUT2D eigenvalue weighted by Gasteiger charge is -2.16. The van der Waals surface area contributed by atoms with Gasteiger partial charge in [0.1, 0.15) is 13.2 Å². The lowest BCUT2D eigenvalue weighted by molar-refractivity contribution is -0.144. The average Bonchev–Trinajstić information content (AvgIpc) is 2.66. The summed E-state index contributed by atoms with van der Waals surface area (Å²) < 4.78 is 10.3. The number of hydrogen-bond donors (Lipinski definition) is 1. The Labute approximate surface area is 147 Å². The summed E-state index contributed by atoms with van der Waals surface area (Å²) in [5.74, 6) is -1.03. The molecule has 0 fully saturated rings. The van der Waals surface area contributed by atoms with Gasteiger partial charge in [-0.2, -0.15) is 0 Å². The lowest BCUT2D eigenvalue weighted by atomic mass is 9.99. The standard InChI is InChI=1S/C20H21NO4/c1-2-13-24-19(22)18(17-11-7-4-8-12-17)14-21-20(23)25-15-16-9-5-3-6-10-16/h2-12,18H,1,13-15H2,(H,21,23)/t18-/m1/s1. The minimum atomic E-state index is -0.606. The maximum atomic E-state index is 12.2. The summed E-state index contributed by atoms with van der Waals surface area (Å²) in [6.45, 7) is 3.91. The first-order valence-corrected chi connectivity index (χ1v) is 7.97. The van der Waals surface area contributed by atoms with Crippen molar-refractivity contribution in [3.8, 4) is 0 Å². The number of ether oxygens (including phenoxy) is 2. The Morgan fingerprint density at radius 3 is 2.28 bits per heavy atom. The molecule has 130 valence electrons. The average molecular weight is 339 g/mol. The summed E-state index contributed by atoms with van der Waals surface area (Å²) in [7, 11) is 0. The van der Waals surface area contributed by atoms with Crippen molar-refractivity contribution in [2.75, 3.05) is 13.2 Å². The number of carbonyl (C=O) groups is 2. The molecule has 1 atom stereocenters. The summed E-state index contributed by atoms with van der Waals surface area (Å²) in [4.78, 5) is 24.1. The van der Waals surface area contributed by atoms with Gasteiger partial charge in [-0.05, 0) is 11.1 Å². The molecule has 0 aliphatic heterocycles. The predicted molar refractivity (Wildman–Crippen MR) is 95.0 cm³/mol. The fraction of sp³-hybridized carbons (Fsp3) is 0.200. The molecule has 0 bridgehead atoms. The second-order valence-corrected chi connectivity index (χ2v) is 5.32. The number of alkyl carbamates (subject to hydrolysis) is 1. The van der Waals surface area contributed by atoms with Crippen LogP contribution in [-0.4, -0.2) is 25.2 Å². The first kappa shape index (κ1) is 18.3. The highest BCUT2D eigenvalue weighted by Gasteiger charge is 2.22. The predicted octanol–water partition coefficient (Wildman–Crippen LogP) is 3.43. The zero-order valence-corrected chi connectivity index (χ0v) is 13.9. The molecule has 5 heteroatoms. The Hall–Kier alpha value is -3.08. The van der Waals surface area contributed by atoms with Crippen molar-refractivity contribution in [2.24, 2.45) is 0 Å². The third-order valence-electron chi connectivity index (χ3n) is 3.49. The van der Waals surface area contributed by atoms with E-state index in [1.165, 1.54) is 6.08 Å².